The van der Waals surface area contributed by atoms with Gasteiger partial charge in [0.2, 0.25) is 0 Å². The van der Waals surface area contributed by atoms with E-state index in [0.29, 0.717) is 24.2 Å². The van der Waals surface area contributed by atoms with Crippen LogP contribution in [0.4, 0.5) is 0 Å². The molecule has 2 aliphatic carbocycles. The van der Waals surface area contributed by atoms with Crippen molar-refractivity contribution in [2.24, 2.45) is 9.98 Å². The number of hydrogen-bond acceptors (Lipinski definition) is 5. The second kappa shape index (κ2) is 8.87. The van der Waals surface area contributed by atoms with E-state index in [9.17, 15) is 0 Å². The van der Waals surface area contributed by atoms with Crippen LogP contribution < -0.4 is 10.6 Å². The van der Waals surface area contributed by atoms with E-state index in [0.717, 1.165) is 24.5 Å². The number of pyridine rings is 1. The molecule has 5 heteroatoms. The van der Waals surface area contributed by atoms with E-state index in [-0.39, 0.29) is 0 Å². The molecule has 0 saturated heterocycles. The van der Waals surface area contributed by atoms with Gasteiger partial charge in [-0.05, 0) is 37.8 Å². The number of nitrogens with one attached hydrogen (secondary N) is 2. The topological polar surface area (TPSA) is 61.7 Å². The lowest BCUT2D eigenvalue weighted by Crippen LogP contribution is -2.47. The van der Waals surface area contributed by atoms with Crippen molar-refractivity contribution in [2.75, 3.05) is 13.1 Å². The zero-order valence-electron chi connectivity index (χ0n) is 15.6. The molecule has 2 fully saturated rings. The van der Waals surface area contributed by atoms with Crippen LogP contribution in [0, 0.1) is 0 Å². The maximum atomic E-state index is 4.89. The van der Waals surface area contributed by atoms with Crippen molar-refractivity contribution in [2.45, 2.75) is 75.5 Å². The predicted molar refractivity (Wildman–Crippen MR) is 108 cm³/mol. The van der Waals surface area contributed by atoms with Gasteiger partial charge in [0.25, 0.3) is 0 Å². The highest BCUT2D eigenvalue weighted by Crippen LogP contribution is 2.22. The van der Waals surface area contributed by atoms with E-state index >= 15 is 0 Å². The Labute approximate surface area is 156 Å². The summed E-state index contributed by atoms with van der Waals surface area (Å²) in [5, 5.41) is 7.52. The van der Waals surface area contributed by atoms with Crippen molar-refractivity contribution in [1.29, 1.82) is 0 Å². The van der Waals surface area contributed by atoms with Crippen LogP contribution in [0.25, 0.3) is 0 Å². The lowest BCUT2D eigenvalue weighted by molar-refractivity contribution is 0.308. The highest BCUT2D eigenvalue weighted by Gasteiger charge is 2.25. The summed E-state index contributed by atoms with van der Waals surface area (Å²) >= 11 is 0. The molecule has 3 aliphatic rings. The zero-order valence-corrected chi connectivity index (χ0v) is 15.6. The first-order valence-electron chi connectivity index (χ1n) is 10.4. The minimum Gasteiger partial charge on any atom is -0.311 e. The first-order chi connectivity index (χ1) is 12.9. The van der Waals surface area contributed by atoms with Crippen LogP contribution in [-0.4, -0.2) is 54.7 Å². The van der Waals surface area contributed by atoms with E-state index < -0.39 is 0 Å². The molecule has 1 aromatic rings. The molecule has 0 spiro atoms. The van der Waals surface area contributed by atoms with Crippen molar-refractivity contribution >= 4 is 12.4 Å². The molecule has 4 unspecified atom stereocenters. The molecule has 0 aromatic carbocycles. The minimum atomic E-state index is 0.371. The molecule has 26 heavy (non-hydrogen) atoms. The maximum Gasteiger partial charge on any atom is 0.0815 e. The van der Waals surface area contributed by atoms with Crippen LogP contribution in [0.15, 0.2) is 28.2 Å². The van der Waals surface area contributed by atoms with Gasteiger partial charge in [0.05, 0.1) is 23.5 Å². The zero-order chi connectivity index (χ0) is 17.6. The van der Waals surface area contributed by atoms with Gasteiger partial charge in [0.1, 0.15) is 0 Å². The Kier molecular flexibility index (Phi) is 6.07. The van der Waals surface area contributed by atoms with E-state index in [1.54, 1.807) is 0 Å². The van der Waals surface area contributed by atoms with Gasteiger partial charge < -0.3 is 10.6 Å². The Hall–Kier alpha value is -1.59. The summed E-state index contributed by atoms with van der Waals surface area (Å²) in [7, 11) is 0. The molecule has 140 valence electrons. The van der Waals surface area contributed by atoms with Crippen LogP contribution in [0.1, 0.15) is 62.8 Å². The second-order valence-corrected chi connectivity index (χ2v) is 7.87. The number of hydrogen-bond donors (Lipinski definition) is 2. The predicted octanol–water partition coefficient (Wildman–Crippen LogP) is 2.73. The summed E-state index contributed by atoms with van der Waals surface area (Å²) in [6.45, 7) is 2.02. The molecule has 4 rings (SSSR count). The third-order valence-electron chi connectivity index (χ3n) is 5.99. The van der Waals surface area contributed by atoms with Crippen LogP contribution in [0.3, 0.4) is 0 Å². The first-order valence-corrected chi connectivity index (χ1v) is 10.4. The summed E-state index contributed by atoms with van der Waals surface area (Å²) in [4.78, 5) is 14.5. The van der Waals surface area contributed by atoms with Crippen LogP contribution >= 0.6 is 0 Å². The standard InChI is InChI=1S/C21H31N5/c1-3-10-20-18(8-1)22-12-13-23-19-9-2-4-11-21(19)25-15-17-7-5-6-16(26-17)14-24-20/h5-7,14-15,18-23H,1-4,8-13H2. The Balaban J connectivity index is 1.57. The molecule has 0 radical (unpaired) electrons. The summed E-state index contributed by atoms with van der Waals surface area (Å²) < 4.78 is 0. The molecule has 2 saturated carbocycles. The summed E-state index contributed by atoms with van der Waals surface area (Å²) in [5.41, 5.74) is 1.87. The molecule has 1 aromatic heterocycles. The largest absolute Gasteiger partial charge is 0.311 e. The van der Waals surface area contributed by atoms with Crippen LogP contribution in [0.2, 0.25) is 0 Å². The van der Waals surface area contributed by atoms with Crippen molar-refractivity contribution in [3.8, 4) is 0 Å². The Morgan fingerprint density at radius 3 is 1.73 bits per heavy atom. The van der Waals surface area contributed by atoms with Gasteiger partial charge in [0.15, 0.2) is 0 Å². The number of nitrogens with zero attached hydrogens (tertiary/aromatic N) is 3. The van der Waals surface area contributed by atoms with Crippen molar-refractivity contribution < 1.29 is 0 Å². The lowest BCUT2D eigenvalue weighted by atomic mass is 9.90. The van der Waals surface area contributed by atoms with E-state index in [2.05, 4.69) is 16.7 Å². The number of rotatable bonds is 0. The van der Waals surface area contributed by atoms with E-state index in [4.69, 9.17) is 15.0 Å². The molecular formula is C21H31N5. The third-order valence-corrected chi connectivity index (χ3v) is 5.99. The minimum absolute atomic E-state index is 0.371. The Morgan fingerprint density at radius 1 is 0.692 bits per heavy atom. The van der Waals surface area contributed by atoms with Crippen molar-refractivity contribution in [1.82, 2.24) is 15.6 Å². The van der Waals surface area contributed by atoms with E-state index in [1.165, 1.54) is 51.4 Å². The molecule has 1 aliphatic heterocycles. The highest BCUT2D eigenvalue weighted by atomic mass is 15.0. The smallest absolute Gasteiger partial charge is 0.0815 e. The normalized spacial score (nSPS) is 32.8. The lowest BCUT2D eigenvalue weighted by Gasteiger charge is -2.31. The molecule has 0 amide bonds. The van der Waals surface area contributed by atoms with Gasteiger partial charge in [0, 0.05) is 37.6 Å². The van der Waals surface area contributed by atoms with Gasteiger partial charge in [-0.1, -0.05) is 31.7 Å². The Bertz CT molecular complexity index is 590. The fourth-order valence-corrected chi connectivity index (χ4v) is 4.53. The number of aliphatic imine (C=N–C) groups is 2. The van der Waals surface area contributed by atoms with Crippen molar-refractivity contribution in [3.63, 3.8) is 0 Å². The van der Waals surface area contributed by atoms with Crippen molar-refractivity contribution in [3.05, 3.63) is 29.6 Å². The van der Waals surface area contributed by atoms with Crippen LogP contribution in [-0.2, 0) is 0 Å². The molecule has 5 nitrogen and oxygen atoms in total. The summed E-state index contributed by atoms with van der Waals surface area (Å²) in [6, 6.07) is 7.86. The van der Waals surface area contributed by atoms with E-state index in [1.807, 2.05) is 24.6 Å². The maximum absolute atomic E-state index is 4.89. The first kappa shape index (κ1) is 17.8. The monoisotopic (exact) mass is 353 g/mol. The third kappa shape index (κ3) is 4.57. The van der Waals surface area contributed by atoms with Gasteiger partial charge in [-0.2, -0.15) is 0 Å². The molecule has 4 atom stereocenters. The molecular weight excluding hydrogens is 322 g/mol. The average molecular weight is 354 g/mol. The number of aromatic nitrogens is 1. The quantitative estimate of drug-likeness (QED) is 0.754. The number of fused-ring (bicyclic) bond motifs is 4. The SMILES string of the molecule is C1=NC2CCCCC2NCCNC2CCCCC2N=Cc2cccc1n2. The Morgan fingerprint density at radius 2 is 1.19 bits per heavy atom. The van der Waals surface area contributed by atoms with Gasteiger partial charge in [-0.25, -0.2) is 4.98 Å². The fourth-order valence-electron chi connectivity index (χ4n) is 4.53. The molecule has 2 N–H and O–H groups in total. The van der Waals surface area contributed by atoms with Gasteiger partial charge in [-0.3, -0.25) is 9.98 Å². The molecule has 2 heterocycles. The summed E-state index contributed by atoms with van der Waals surface area (Å²) in [6.07, 6.45) is 13.9. The van der Waals surface area contributed by atoms with Gasteiger partial charge >= 0.3 is 0 Å². The van der Waals surface area contributed by atoms with Crippen LogP contribution in [0.5, 0.6) is 0 Å². The molecule has 2 bridgehead atoms. The summed E-state index contributed by atoms with van der Waals surface area (Å²) in [5.74, 6) is 0. The fraction of sp³-hybridized carbons (Fsp3) is 0.667. The highest BCUT2D eigenvalue weighted by molar-refractivity contribution is 5.81. The average Bonchev–Trinajstić information content (AvgIpc) is 2.69. The van der Waals surface area contributed by atoms with Gasteiger partial charge in [-0.15, -0.1) is 0 Å². The second-order valence-electron chi connectivity index (χ2n) is 7.87.